The van der Waals surface area contributed by atoms with Crippen molar-refractivity contribution in [3.63, 3.8) is 0 Å². The number of hydrogen-bond donors (Lipinski definition) is 1. The molecule has 0 bridgehead atoms. The van der Waals surface area contributed by atoms with Gasteiger partial charge in [-0.1, -0.05) is 60.2 Å². The molecule has 5 nitrogen and oxygen atoms in total. The lowest BCUT2D eigenvalue weighted by Gasteiger charge is -2.12. The van der Waals surface area contributed by atoms with Crippen molar-refractivity contribution in [3.05, 3.63) is 95.1 Å². The Kier molecular flexibility index (Phi) is 7.61. The first-order chi connectivity index (χ1) is 14.6. The molecule has 0 radical (unpaired) electrons. The van der Waals surface area contributed by atoms with Crippen LogP contribution in [-0.2, 0) is 17.8 Å². The molecule has 3 aromatic rings. The number of rotatable bonds is 9. The molecule has 0 atom stereocenters. The molecule has 3 aromatic carbocycles. The number of nitrogens with zero attached hydrogens (tertiary/aromatic N) is 1. The first-order valence-electron chi connectivity index (χ1n) is 9.95. The van der Waals surface area contributed by atoms with Crippen molar-refractivity contribution < 1.29 is 14.3 Å². The summed E-state index contributed by atoms with van der Waals surface area (Å²) in [7, 11) is 0. The highest BCUT2D eigenvalue weighted by Gasteiger charge is 2.07. The Morgan fingerprint density at radius 1 is 0.933 bits per heavy atom. The zero-order valence-electron chi connectivity index (χ0n) is 17.3. The van der Waals surface area contributed by atoms with Crippen LogP contribution in [0.1, 0.15) is 29.2 Å². The van der Waals surface area contributed by atoms with Gasteiger partial charge in [0, 0.05) is 0 Å². The maximum absolute atomic E-state index is 12.0. The smallest absolute Gasteiger partial charge is 0.244 e. The molecular weight excluding hydrogens is 376 g/mol. The van der Waals surface area contributed by atoms with Crippen molar-refractivity contribution in [3.8, 4) is 11.5 Å². The molecule has 1 N–H and O–H groups in total. The topological polar surface area (TPSA) is 59.9 Å². The van der Waals surface area contributed by atoms with E-state index in [9.17, 15) is 4.79 Å². The first-order valence-corrected chi connectivity index (χ1v) is 9.95. The summed E-state index contributed by atoms with van der Waals surface area (Å²) in [6.45, 7) is 4.97. The van der Waals surface area contributed by atoms with Crippen molar-refractivity contribution in [2.24, 2.45) is 5.10 Å². The number of ether oxygens (including phenoxy) is 2. The fourth-order valence-corrected chi connectivity index (χ4v) is 2.84. The number of carbonyl (C=O) groups is 1. The van der Waals surface area contributed by atoms with Crippen LogP contribution in [0.25, 0.3) is 0 Å². The molecule has 0 aliphatic heterocycles. The first kappa shape index (κ1) is 21.1. The average Bonchev–Trinajstić information content (AvgIpc) is 2.75. The third-order valence-corrected chi connectivity index (χ3v) is 4.39. The largest absolute Gasteiger partial charge is 0.490 e. The fraction of sp³-hybridized carbons (Fsp3) is 0.200. The summed E-state index contributed by atoms with van der Waals surface area (Å²) in [6, 6.07) is 23.4. The molecule has 0 spiro atoms. The molecule has 0 fully saturated rings. The lowest BCUT2D eigenvalue weighted by Crippen LogP contribution is -2.19. The second-order valence-corrected chi connectivity index (χ2v) is 6.87. The molecule has 0 aliphatic carbocycles. The SMILES string of the molecule is CCOc1cc(/C=N\NC(=O)Cc2ccccc2)ccc1OCc1ccc(C)cc1. The van der Waals surface area contributed by atoms with Crippen LogP contribution >= 0.6 is 0 Å². The van der Waals surface area contributed by atoms with E-state index >= 15 is 0 Å². The molecule has 0 aromatic heterocycles. The van der Waals surface area contributed by atoms with Gasteiger partial charge in [0.2, 0.25) is 5.91 Å². The molecule has 1 amide bonds. The molecule has 0 aliphatic rings. The summed E-state index contributed by atoms with van der Waals surface area (Å²) < 4.78 is 11.7. The van der Waals surface area contributed by atoms with Gasteiger partial charge in [0.25, 0.3) is 0 Å². The van der Waals surface area contributed by atoms with Gasteiger partial charge < -0.3 is 9.47 Å². The van der Waals surface area contributed by atoms with Crippen LogP contribution in [0.2, 0.25) is 0 Å². The van der Waals surface area contributed by atoms with Crippen LogP contribution < -0.4 is 14.9 Å². The van der Waals surface area contributed by atoms with Crippen LogP contribution in [0.4, 0.5) is 0 Å². The van der Waals surface area contributed by atoms with E-state index in [-0.39, 0.29) is 12.3 Å². The maximum atomic E-state index is 12.0. The van der Waals surface area contributed by atoms with E-state index in [1.165, 1.54) is 5.56 Å². The van der Waals surface area contributed by atoms with Crippen molar-refractivity contribution in [1.29, 1.82) is 0 Å². The molecule has 154 valence electrons. The highest BCUT2D eigenvalue weighted by atomic mass is 16.5. The quantitative estimate of drug-likeness (QED) is 0.418. The normalized spacial score (nSPS) is 10.7. The van der Waals surface area contributed by atoms with Crippen LogP contribution in [0.5, 0.6) is 11.5 Å². The highest BCUT2D eigenvalue weighted by Crippen LogP contribution is 2.29. The number of hydrazone groups is 1. The van der Waals surface area contributed by atoms with Gasteiger partial charge in [0.15, 0.2) is 11.5 Å². The number of aryl methyl sites for hydroxylation is 1. The highest BCUT2D eigenvalue weighted by molar-refractivity contribution is 5.84. The Balaban J connectivity index is 1.60. The number of hydrogen-bond acceptors (Lipinski definition) is 4. The monoisotopic (exact) mass is 402 g/mol. The second kappa shape index (κ2) is 10.8. The summed E-state index contributed by atoms with van der Waals surface area (Å²) in [6.07, 6.45) is 1.88. The van der Waals surface area contributed by atoms with Crippen molar-refractivity contribution >= 4 is 12.1 Å². The number of benzene rings is 3. The van der Waals surface area contributed by atoms with Gasteiger partial charge in [-0.3, -0.25) is 4.79 Å². The van der Waals surface area contributed by atoms with Crippen LogP contribution in [0, 0.1) is 6.92 Å². The summed E-state index contributed by atoms with van der Waals surface area (Å²) >= 11 is 0. The van der Waals surface area contributed by atoms with Crippen LogP contribution in [0.15, 0.2) is 77.9 Å². The summed E-state index contributed by atoms with van der Waals surface area (Å²) in [4.78, 5) is 12.0. The maximum Gasteiger partial charge on any atom is 0.244 e. The van der Waals surface area contributed by atoms with E-state index in [2.05, 4.69) is 41.7 Å². The molecule has 0 saturated heterocycles. The lowest BCUT2D eigenvalue weighted by atomic mass is 10.1. The molecule has 30 heavy (non-hydrogen) atoms. The summed E-state index contributed by atoms with van der Waals surface area (Å²) in [5.41, 5.74) is 6.61. The van der Waals surface area contributed by atoms with Crippen molar-refractivity contribution in [2.45, 2.75) is 26.9 Å². The zero-order chi connectivity index (χ0) is 21.2. The van der Waals surface area contributed by atoms with Gasteiger partial charge >= 0.3 is 0 Å². The molecule has 3 rings (SSSR count). The number of nitrogens with one attached hydrogen (secondary N) is 1. The Labute approximate surface area is 177 Å². The fourth-order valence-electron chi connectivity index (χ4n) is 2.84. The van der Waals surface area contributed by atoms with E-state index in [0.717, 1.165) is 16.7 Å². The van der Waals surface area contributed by atoms with E-state index in [4.69, 9.17) is 9.47 Å². The Hall–Kier alpha value is -3.60. The van der Waals surface area contributed by atoms with Gasteiger partial charge in [0.1, 0.15) is 6.61 Å². The minimum absolute atomic E-state index is 0.166. The molecule has 0 unspecified atom stereocenters. The average molecular weight is 402 g/mol. The minimum atomic E-state index is -0.166. The van der Waals surface area contributed by atoms with E-state index in [0.29, 0.717) is 24.7 Å². The molecular formula is C25H26N2O3. The lowest BCUT2D eigenvalue weighted by molar-refractivity contribution is -0.120. The molecule has 5 heteroatoms. The molecule has 0 heterocycles. The third kappa shape index (κ3) is 6.48. The zero-order valence-corrected chi connectivity index (χ0v) is 17.3. The predicted octanol–water partition coefficient (Wildman–Crippen LogP) is 4.67. The van der Waals surface area contributed by atoms with E-state index < -0.39 is 0 Å². The van der Waals surface area contributed by atoms with E-state index in [1.807, 2.05) is 55.5 Å². The predicted molar refractivity (Wildman–Crippen MR) is 119 cm³/mol. The minimum Gasteiger partial charge on any atom is -0.490 e. The number of carbonyl (C=O) groups excluding carboxylic acids is 1. The Bertz CT molecular complexity index is 983. The summed E-state index contributed by atoms with van der Waals surface area (Å²) in [5, 5.41) is 4.05. The Morgan fingerprint density at radius 3 is 2.43 bits per heavy atom. The van der Waals surface area contributed by atoms with Gasteiger partial charge in [-0.25, -0.2) is 5.43 Å². The van der Waals surface area contributed by atoms with Gasteiger partial charge in [0.05, 0.1) is 19.2 Å². The second-order valence-electron chi connectivity index (χ2n) is 6.87. The van der Waals surface area contributed by atoms with E-state index in [1.54, 1.807) is 6.21 Å². The molecule has 0 saturated carbocycles. The standard InChI is InChI=1S/C25H26N2O3/c1-3-29-24-15-22(17-26-27-25(28)16-20-7-5-4-6-8-20)13-14-23(24)30-18-21-11-9-19(2)10-12-21/h4-15,17H,3,16,18H2,1-2H3,(H,27,28)/b26-17-. The summed E-state index contributed by atoms with van der Waals surface area (Å²) in [5.74, 6) is 1.15. The van der Waals surface area contributed by atoms with Crippen LogP contribution in [-0.4, -0.2) is 18.7 Å². The van der Waals surface area contributed by atoms with Gasteiger partial charge in [-0.2, -0.15) is 5.10 Å². The van der Waals surface area contributed by atoms with Crippen molar-refractivity contribution in [2.75, 3.05) is 6.61 Å². The van der Waals surface area contributed by atoms with Crippen molar-refractivity contribution in [1.82, 2.24) is 5.43 Å². The number of amides is 1. The Morgan fingerprint density at radius 2 is 1.70 bits per heavy atom. The third-order valence-electron chi connectivity index (χ3n) is 4.39. The van der Waals surface area contributed by atoms with Gasteiger partial charge in [-0.15, -0.1) is 0 Å². The van der Waals surface area contributed by atoms with Gasteiger partial charge in [-0.05, 0) is 48.7 Å². The van der Waals surface area contributed by atoms with Crippen LogP contribution in [0.3, 0.4) is 0 Å².